The van der Waals surface area contributed by atoms with Crippen molar-refractivity contribution < 1.29 is 23.5 Å². The van der Waals surface area contributed by atoms with E-state index in [2.05, 4.69) is 15.6 Å². The van der Waals surface area contributed by atoms with Crippen LogP contribution in [0.4, 0.5) is 6.01 Å². The first-order valence-electron chi connectivity index (χ1n) is 8.91. The van der Waals surface area contributed by atoms with Gasteiger partial charge in [0.05, 0.1) is 14.2 Å². The van der Waals surface area contributed by atoms with Gasteiger partial charge in [-0.25, -0.2) is 0 Å². The van der Waals surface area contributed by atoms with Gasteiger partial charge in [-0.3, -0.25) is 14.9 Å². The number of benzene rings is 2. The molecular weight excluding hydrogens is 374 g/mol. The molecule has 29 heavy (non-hydrogen) atoms. The van der Waals surface area contributed by atoms with E-state index in [-0.39, 0.29) is 17.6 Å². The quantitative estimate of drug-likeness (QED) is 0.608. The lowest BCUT2D eigenvalue weighted by molar-refractivity contribution is 0.0948. The first-order chi connectivity index (χ1) is 14.1. The maximum atomic E-state index is 12.2. The predicted molar refractivity (Wildman–Crippen MR) is 106 cm³/mol. The van der Waals surface area contributed by atoms with E-state index in [1.807, 2.05) is 24.3 Å². The van der Waals surface area contributed by atoms with Crippen molar-refractivity contribution in [3.8, 4) is 11.5 Å². The number of amides is 2. The average molecular weight is 395 g/mol. The number of carbonyl (C=O) groups excluding carboxylic acids is 2. The van der Waals surface area contributed by atoms with Crippen molar-refractivity contribution in [3.63, 3.8) is 0 Å². The molecule has 0 saturated carbocycles. The van der Waals surface area contributed by atoms with E-state index in [9.17, 15) is 9.59 Å². The maximum absolute atomic E-state index is 12.2. The van der Waals surface area contributed by atoms with Crippen LogP contribution in [0.1, 0.15) is 26.4 Å². The van der Waals surface area contributed by atoms with E-state index in [0.29, 0.717) is 30.0 Å². The normalized spacial score (nSPS) is 10.3. The van der Waals surface area contributed by atoms with Gasteiger partial charge in [-0.2, -0.15) is 4.98 Å². The first kappa shape index (κ1) is 19.9. The molecule has 2 aromatic carbocycles. The van der Waals surface area contributed by atoms with Crippen LogP contribution >= 0.6 is 0 Å². The van der Waals surface area contributed by atoms with Crippen molar-refractivity contribution in [3.05, 3.63) is 71.6 Å². The van der Waals surface area contributed by atoms with Crippen molar-refractivity contribution in [2.75, 3.05) is 26.1 Å². The van der Waals surface area contributed by atoms with Gasteiger partial charge in [0.2, 0.25) is 0 Å². The van der Waals surface area contributed by atoms with Gasteiger partial charge in [0.15, 0.2) is 17.2 Å². The van der Waals surface area contributed by atoms with Gasteiger partial charge in [0.25, 0.3) is 11.8 Å². The highest BCUT2D eigenvalue weighted by molar-refractivity contribution is 6.03. The molecule has 0 saturated heterocycles. The van der Waals surface area contributed by atoms with Gasteiger partial charge in [-0.05, 0) is 36.2 Å². The number of rotatable bonds is 8. The molecular formula is C21H21N3O5. The van der Waals surface area contributed by atoms with Crippen molar-refractivity contribution in [1.29, 1.82) is 0 Å². The number of aromatic nitrogens is 1. The Morgan fingerprint density at radius 3 is 2.48 bits per heavy atom. The SMILES string of the molecule is COc1ccc(CCNC(=O)c2coc(NC(=O)c3ccccc3)n2)cc1OC. The van der Waals surface area contributed by atoms with Crippen LogP contribution < -0.4 is 20.1 Å². The Kier molecular flexibility index (Phi) is 6.47. The standard InChI is InChI=1S/C21H21N3O5/c1-27-17-9-8-14(12-18(17)28-2)10-11-22-20(26)16-13-29-21(23-16)24-19(25)15-6-4-3-5-7-15/h3-9,12-13H,10-11H2,1-2H3,(H,22,26)(H,23,24,25). The van der Waals surface area contributed by atoms with Crippen LogP contribution in [0.25, 0.3) is 0 Å². The van der Waals surface area contributed by atoms with Crippen LogP contribution in [0.2, 0.25) is 0 Å². The van der Waals surface area contributed by atoms with Gasteiger partial charge >= 0.3 is 6.01 Å². The second-order valence-electron chi connectivity index (χ2n) is 6.05. The van der Waals surface area contributed by atoms with E-state index in [0.717, 1.165) is 5.56 Å². The Bertz CT molecular complexity index is 985. The molecule has 3 rings (SSSR count). The van der Waals surface area contributed by atoms with Crippen molar-refractivity contribution in [2.45, 2.75) is 6.42 Å². The van der Waals surface area contributed by atoms with Gasteiger partial charge in [0.1, 0.15) is 6.26 Å². The molecule has 0 bridgehead atoms. The topological polar surface area (TPSA) is 103 Å². The molecule has 0 unspecified atom stereocenters. The minimum absolute atomic E-state index is 0.0381. The maximum Gasteiger partial charge on any atom is 0.302 e. The Morgan fingerprint density at radius 2 is 1.76 bits per heavy atom. The molecule has 2 amide bonds. The summed E-state index contributed by atoms with van der Waals surface area (Å²) in [6, 6.07) is 14.2. The molecule has 0 atom stereocenters. The number of carbonyl (C=O) groups is 2. The average Bonchev–Trinajstić information content (AvgIpc) is 3.22. The largest absolute Gasteiger partial charge is 0.493 e. The lowest BCUT2D eigenvalue weighted by Crippen LogP contribution is -2.26. The van der Waals surface area contributed by atoms with Crippen molar-refractivity contribution >= 4 is 17.8 Å². The summed E-state index contributed by atoms with van der Waals surface area (Å²) >= 11 is 0. The zero-order chi connectivity index (χ0) is 20.6. The zero-order valence-electron chi connectivity index (χ0n) is 16.1. The van der Waals surface area contributed by atoms with Gasteiger partial charge in [-0.15, -0.1) is 0 Å². The second-order valence-corrected chi connectivity index (χ2v) is 6.05. The molecule has 2 N–H and O–H groups in total. The van der Waals surface area contributed by atoms with Crippen LogP contribution in [-0.4, -0.2) is 37.6 Å². The highest BCUT2D eigenvalue weighted by atomic mass is 16.5. The highest BCUT2D eigenvalue weighted by Crippen LogP contribution is 2.27. The molecule has 150 valence electrons. The molecule has 0 fully saturated rings. The number of methoxy groups -OCH3 is 2. The lowest BCUT2D eigenvalue weighted by atomic mass is 10.1. The number of ether oxygens (including phenoxy) is 2. The van der Waals surface area contributed by atoms with Crippen molar-refractivity contribution in [2.24, 2.45) is 0 Å². The number of oxazole rings is 1. The molecule has 0 spiro atoms. The summed E-state index contributed by atoms with van der Waals surface area (Å²) in [5.74, 6) is 0.516. The Hall–Kier alpha value is -3.81. The van der Waals surface area contributed by atoms with Crippen LogP contribution in [0.5, 0.6) is 11.5 Å². The highest BCUT2D eigenvalue weighted by Gasteiger charge is 2.14. The summed E-state index contributed by atoms with van der Waals surface area (Å²) in [7, 11) is 3.15. The van der Waals surface area contributed by atoms with Crippen LogP contribution in [0.3, 0.4) is 0 Å². The molecule has 0 aliphatic heterocycles. The Balaban J connectivity index is 1.52. The first-order valence-corrected chi connectivity index (χ1v) is 8.91. The minimum Gasteiger partial charge on any atom is -0.493 e. The number of hydrogen-bond donors (Lipinski definition) is 2. The zero-order valence-corrected chi connectivity index (χ0v) is 16.1. The smallest absolute Gasteiger partial charge is 0.302 e. The van der Waals surface area contributed by atoms with E-state index in [1.165, 1.54) is 6.26 Å². The van der Waals surface area contributed by atoms with Crippen LogP contribution in [0.15, 0.2) is 59.2 Å². The fourth-order valence-corrected chi connectivity index (χ4v) is 2.64. The summed E-state index contributed by atoms with van der Waals surface area (Å²) in [6.45, 7) is 0.396. The fourth-order valence-electron chi connectivity index (χ4n) is 2.64. The molecule has 8 nitrogen and oxygen atoms in total. The summed E-state index contributed by atoms with van der Waals surface area (Å²) in [5.41, 5.74) is 1.53. The second kappa shape index (κ2) is 9.41. The molecule has 3 aromatic rings. The fraction of sp³-hybridized carbons (Fsp3) is 0.190. The Morgan fingerprint density at radius 1 is 1.00 bits per heavy atom. The minimum atomic E-state index is -0.394. The van der Waals surface area contributed by atoms with Gasteiger partial charge < -0.3 is 19.2 Å². The van der Waals surface area contributed by atoms with Gasteiger partial charge in [-0.1, -0.05) is 24.3 Å². The summed E-state index contributed by atoms with van der Waals surface area (Å²) in [6.07, 6.45) is 1.80. The van der Waals surface area contributed by atoms with Crippen LogP contribution in [0, 0.1) is 0 Å². The van der Waals surface area contributed by atoms with E-state index in [1.54, 1.807) is 38.5 Å². The molecule has 0 aliphatic carbocycles. The van der Waals surface area contributed by atoms with Crippen molar-refractivity contribution in [1.82, 2.24) is 10.3 Å². The molecule has 0 radical (unpaired) electrons. The van der Waals surface area contributed by atoms with E-state index < -0.39 is 5.91 Å². The summed E-state index contributed by atoms with van der Waals surface area (Å²) < 4.78 is 15.6. The molecule has 8 heteroatoms. The third kappa shape index (κ3) is 5.13. The molecule has 1 aromatic heterocycles. The number of hydrogen-bond acceptors (Lipinski definition) is 6. The molecule has 0 aliphatic rings. The lowest BCUT2D eigenvalue weighted by Gasteiger charge is -2.09. The van der Waals surface area contributed by atoms with Crippen LogP contribution in [-0.2, 0) is 6.42 Å². The predicted octanol–water partition coefficient (Wildman–Crippen LogP) is 2.92. The number of anilines is 1. The number of nitrogens with one attached hydrogen (secondary N) is 2. The number of nitrogens with zero attached hydrogens (tertiary/aromatic N) is 1. The monoisotopic (exact) mass is 395 g/mol. The third-order valence-corrected chi connectivity index (χ3v) is 4.14. The molecule has 1 heterocycles. The summed E-state index contributed by atoms with van der Waals surface area (Å²) in [5, 5.41) is 5.28. The third-order valence-electron chi connectivity index (χ3n) is 4.14. The Labute approximate surface area is 167 Å². The van der Waals surface area contributed by atoms with E-state index in [4.69, 9.17) is 13.9 Å². The summed E-state index contributed by atoms with van der Waals surface area (Å²) in [4.78, 5) is 28.3. The van der Waals surface area contributed by atoms with E-state index >= 15 is 0 Å². The van der Waals surface area contributed by atoms with Gasteiger partial charge in [0, 0.05) is 12.1 Å².